The zero-order chi connectivity index (χ0) is 26.3. The Kier molecular flexibility index (Phi) is 7.85. The van der Waals surface area contributed by atoms with Crippen LogP contribution < -0.4 is 10.2 Å². The third-order valence-electron chi connectivity index (χ3n) is 6.06. The molecule has 0 saturated heterocycles. The number of aryl methyl sites for hydroxylation is 1. The Morgan fingerprint density at radius 1 is 0.842 bits per heavy atom. The molecule has 1 N–H and O–H groups in total. The van der Waals surface area contributed by atoms with Crippen LogP contribution in [0.15, 0.2) is 120 Å². The second-order valence-electron chi connectivity index (χ2n) is 8.90. The summed E-state index contributed by atoms with van der Waals surface area (Å²) in [5.74, 6) is 0.734. The van der Waals surface area contributed by atoms with E-state index in [4.69, 9.17) is 0 Å². The van der Waals surface area contributed by atoms with Crippen LogP contribution in [0.2, 0.25) is 0 Å². The van der Waals surface area contributed by atoms with Crippen LogP contribution in [0, 0.1) is 6.92 Å². The van der Waals surface area contributed by atoms with Crippen molar-refractivity contribution >= 4 is 34.7 Å². The number of rotatable bonds is 9. The zero-order valence-electron chi connectivity index (χ0n) is 21.4. The van der Waals surface area contributed by atoms with E-state index in [0.717, 1.165) is 28.6 Å². The molecule has 1 amide bonds. The molecule has 1 atom stereocenters. The summed E-state index contributed by atoms with van der Waals surface area (Å²) < 4.78 is 2.02. The summed E-state index contributed by atoms with van der Waals surface area (Å²) in [5.41, 5.74) is 4.80. The number of para-hydroxylation sites is 3. The van der Waals surface area contributed by atoms with Gasteiger partial charge in [-0.25, -0.2) is 0 Å². The lowest BCUT2D eigenvalue weighted by Gasteiger charge is -2.26. The number of carbonyl (C=O) groups is 1. The van der Waals surface area contributed by atoms with E-state index in [1.807, 2.05) is 115 Å². The van der Waals surface area contributed by atoms with Gasteiger partial charge in [-0.1, -0.05) is 78.5 Å². The fourth-order valence-corrected chi connectivity index (χ4v) is 5.14. The molecule has 0 aliphatic carbocycles. The maximum absolute atomic E-state index is 13.9. The van der Waals surface area contributed by atoms with Crippen LogP contribution in [-0.4, -0.2) is 25.9 Å². The first-order valence-electron chi connectivity index (χ1n) is 12.5. The highest BCUT2D eigenvalue weighted by Gasteiger charge is 2.27. The van der Waals surface area contributed by atoms with Crippen molar-refractivity contribution in [2.75, 3.05) is 10.2 Å². The molecular weight excluding hydrogens is 490 g/mol. The van der Waals surface area contributed by atoms with Gasteiger partial charge in [0, 0.05) is 22.7 Å². The molecular formula is C31H29N5OS. The van der Waals surface area contributed by atoms with Crippen molar-refractivity contribution in [3.05, 3.63) is 127 Å². The molecule has 0 bridgehead atoms. The van der Waals surface area contributed by atoms with Crippen molar-refractivity contribution in [1.82, 2.24) is 14.8 Å². The maximum atomic E-state index is 13.9. The van der Waals surface area contributed by atoms with Gasteiger partial charge in [0.05, 0.1) is 11.8 Å². The van der Waals surface area contributed by atoms with Gasteiger partial charge in [0.2, 0.25) is 5.91 Å². The predicted molar refractivity (Wildman–Crippen MR) is 155 cm³/mol. The van der Waals surface area contributed by atoms with E-state index >= 15 is 0 Å². The average molecular weight is 520 g/mol. The highest BCUT2D eigenvalue weighted by atomic mass is 32.2. The van der Waals surface area contributed by atoms with Gasteiger partial charge < -0.3 is 5.32 Å². The lowest BCUT2D eigenvalue weighted by molar-refractivity contribution is -0.117. The third kappa shape index (κ3) is 5.79. The van der Waals surface area contributed by atoms with Gasteiger partial charge in [-0.05, 0) is 67.9 Å². The summed E-state index contributed by atoms with van der Waals surface area (Å²) in [7, 11) is 0. The number of nitrogens with one attached hydrogen (secondary N) is 1. The monoisotopic (exact) mass is 519 g/mol. The lowest BCUT2D eigenvalue weighted by Crippen LogP contribution is -2.33. The predicted octanol–water partition coefficient (Wildman–Crippen LogP) is 7.03. The maximum Gasteiger partial charge on any atom is 0.244 e. The first kappa shape index (κ1) is 25.3. The highest BCUT2D eigenvalue weighted by Crippen LogP contribution is 2.32. The van der Waals surface area contributed by atoms with Crippen molar-refractivity contribution in [2.45, 2.75) is 30.8 Å². The SMILES string of the molecule is Cc1cccc(NCc2nnc(S[C@@H](C)C(=O)N(c3ccccc3)c3ccccc3)n2-c2ccccc2)c1. The molecule has 1 heterocycles. The van der Waals surface area contributed by atoms with Crippen LogP contribution in [0.3, 0.4) is 0 Å². The van der Waals surface area contributed by atoms with Gasteiger partial charge in [-0.3, -0.25) is 14.3 Å². The van der Waals surface area contributed by atoms with Crippen LogP contribution in [0.25, 0.3) is 5.69 Å². The Balaban J connectivity index is 1.43. The first-order chi connectivity index (χ1) is 18.6. The van der Waals surface area contributed by atoms with Crippen molar-refractivity contribution in [3.63, 3.8) is 0 Å². The molecule has 0 saturated carbocycles. The molecule has 0 radical (unpaired) electrons. The minimum atomic E-state index is -0.417. The number of benzene rings is 4. The fourth-order valence-electron chi connectivity index (χ4n) is 4.21. The molecule has 1 aromatic heterocycles. The normalized spacial score (nSPS) is 11.6. The van der Waals surface area contributed by atoms with Crippen molar-refractivity contribution in [2.24, 2.45) is 0 Å². The lowest BCUT2D eigenvalue weighted by atomic mass is 10.2. The van der Waals surface area contributed by atoms with Crippen molar-refractivity contribution in [1.29, 1.82) is 0 Å². The fraction of sp³-hybridized carbons (Fsp3) is 0.129. The van der Waals surface area contributed by atoms with Gasteiger partial charge in [0.15, 0.2) is 11.0 Å². The Morgan fingerprint density at radius 2 is 1.45 bits per heavy atom. The smallest absolute Gasteiger partial charge is 0.244 e. The van der Waals surface area contributed by atoms with E-state index in [9.17, 15) is 4.79 Å². The minimum Gasteiger partial charge on any atom is -0.378 e. The van der Waals surface area contributed by atoms with E-state index in [1.165, 1.54) is 17.3 Å². The van der Waals surface area contributed by atoms with Gasteiger partial charge >= 0.3 is 0 Å². The number of anilines is 3. The van der Waals surface area contributed by atoms with Gasteiger partial charge in [-0.15, -0.1) is 10.2 Å². The molecule has 0 fully saturated rings. The number of aromatic nitrogens is 3. The van der Waals surface area contributed by atoms with E-state index in [0.29, 0.717) is 11.7 Å². The summed E-state index contributed by atoms with van der Waals surface area (Å²) >= 11 is 1.41. The topological polar surface area (TPSA) is 63.1 Å². The molecule has 0 aliphatic rings. The number of amides is 1. The van der Waals surface area contributed by atoms with Crippen LogP contribution in [-0.2, 0) is 11.3 Å². The van der Waals surface area contributed by atoms with Crippen LogP contribution in [0.4, 0.5) is 17.1 Å². The number of hydrogen-bond donors (Lipinski definition) is 1. The minimum absolute atomic E-state index is 0.0329. The van der Waals surface area contributed by atoms with Crippen LogP contribution >= 0.6 is 11.8 Å². The molecule has 38 heavy (non-hydrogen) atoms. The largest absolute Gasteiger partial charge is 0.378 e. The molecule has 0 spiro atoms. The quantitative estimate of drug-likeness (QED) is 0.212. The molecule has 7 heteroatoms. The van der Waals surface area contributed by atoms with E-state index < -0.39 is 5.25 Å². The number of carbonyl (C=O) groups excluding carboxylic acids is 1. The molecule has 5 rings (SSSR count). The summed E-state index contributed by atoms with van der Waals surface area (Å²) in [6.07, 6.45) is 0. The van der Waals surface area contributed by atoms with E-state index in [2.05, 4.69) is 34.6 Å². The summed E-state index contributed by atoms with van der Waals surface area (Å²) in [5, 5.41) is 12.7. The number of nitrogens with zero attached hydrogens (tertiary/aromatic N) is 4. The average Bonchev–Trinajstić information content (AvgIpc) is 3.36. The Bertz CT molecular complexity index is 1450. The third-order valence-corrected chi connectivity index (χ3v) is 7.09. The second-order valence-corrected chi connectivity index (χ2v) is 10.2. The van der Waals surface area contributed by atoms with Crippen molar-refractivity contribution < 1.29 is 4.79 Å². The molecule has 190 valence electrons. The summed E-state index contributed by atoms with van der Waals surface area (Å²) in [6.45, 7) is 4.48. The van der Waals surface area contributed by atoms with Gasteiger partial charge in [0.25, 0.3) is 0 Å². The van der Waals surface area contributed by atoms with Crippen LogP contribution in [0.5, 0.6) is 0 Å². The Labute approximate surface area is 227 Å². The molecule has 0 aliphatic heterocycles. The second kappa shape index (κ2) is 11.8. The molecule has 5 aromatic rings. The molecule has 0 unspecified atom stereocenters. The first-order valence-corrected chi connectivity index (χ1v) is 13.4. The van der Waals surface area contributed by atoms with Gasteiger partial charge in [0.1, 0.15) is 0 Å². The van der Waals surface area contributed by atoms with Gasteiger partial charge in [-0.2, -0.15) is 0 Å². The number of hydrogen-bond acceptors (Lipinski definition) is 5. The summed E-state index contributed by atoms with van der Waals surface area (Å²) in [4.78, 5) is 15.6. The summed E-state index contributed by atoms with van der Waals surface area (Å²) in [6, 6.07) is 37.7. The van der Waals surface area contributed by atoms with E-state index in [1.54, 1.807) is 4.90 Å². The zero-order valence-corrected chi connectivity index (χ0v) is 22.2. The molecule has 4 aromatic carbocycles. The standard InChI is InChI=1S/C31H29N5OS/c1-23-13-12-14-25(21-23)32-22-29-33-34-31(36(29)28-19-10-5-11-20-28)38-24(2)30(37)35(26-15-6-3-7-16-26)27-17-8-4-9-18-27/h3-21,24,32H,22H2,1-2H3/t24-/m0/s1. The number of thioether (sulfide) groups is 1. The Morgan fingerprint density at radius 3 is 2.05 bits per heavy atom. The Hall–Kier alpha value is -4.36. The highest BCUT2D eigenvalue weighted by molar-refractivity contribution is 8.00. The van der Waals surface area contributed by atoms with E-state index in [-0.39, 0.29) is 5.91 Å². The van der Waals surface area contributed by atoms with Crippen LogP contribution in [0.1, 0.15) is 18.3 Å². The van der Waals surface area contributed by atoms with Crippen molar-refractivity contribution in [3.8, 4) is 5.69 Å². The molecule has 6 nitrogen and oxygen atoms in total.